The van der Waals surface area contributed by atoms with Gasteiger partial charge < -0.3 is 4.55 Å². The summed E-state index contributed by atoms with van der Waals surface area (Å²) in [6.07, 6.45) is 0. The fraction of sp³-hybridized carbons (Fsp3) is 0.500. The molecule has 6 heteroatoms. The summed E-state index contributed by atoms with van der Waals surface area (Å²) in [6.45, 7) is 6.68. The van der Waals surface area contributed by atoms with Crippen molar-refractivity contribution in [3.8, 4) is 0 Å². The monoisotopic (exact) mass is 279 g/mol. The molecule has 0 aliphatic heterocycles. The molecule has 0 aromatic heterocycles. The molecule has 0 radical (unpaired) electrons. The highest BCUT2D eigenvalue weighted by Gasteiger charge is 2.30. The number of hydrogen-bond donors (Lipinski definition) is 1. The molecule has 0 aliphatic carbocycles. The van der Waals surface area contributed by atoms with E-state index in [0.717, 1.165) is 0 Å². The van der Waals surface area contributed by atoms with Gasteiger partial charge in [0.25, 0.3) is 0 Å². The van der Waals surface area contributed by atoms with E-state index in [2.05, 4.69) is 4.72 Å². The van der Waals surface area contributed by atoms with Gasteiger partial charge in [-0.1, -0.05) is 0 Å². The average molecular weight is 279 g/mol. The van der Waals surface area contributed by atoms with Gasteiger partial charge in [-0.05, 0) is 27.7 Å². The van der Waals surface area contributed by atoms with Crippen molar-refractivity contribution in [3.05, 3.63) is 35.1 Å². The quantitative estimate of drug-likeness (QED) is 0.862. The Bertz CT molecular complexity index is 411. The van der Waals surface area contributed by atoms with Crippen molar-refractivity contribution in [2.24, 2.45) is 0 Å². The van der Waals surface area contributed by atoms with Crippen LogP contribution in [0.2, 0.25) is 0 Å². The van der Waals surface area contributed by atoms with Crippen LogP contribution in [0, 0.1) is 17.5 Å². The molecule has 0 saturated heterocycles. The van der Waals surface area contributed by atoms with E-state index in [1.807, 2.05) is 0 Å². The van der Waals surface area contributed by atoms with E-state index in [0.29, 0.717) is 12.1 Å². The smallest absolute Gasteiger partial charge is 0.136 e. The molecule has 0 saturated carbocycles. The number of hydrogen-bond acceptors (Lipinski definition) is 2. The van der Waals surface area contributed by atoms with Crippen molar-refractivity contribution in [2.45, 2.75) is 38.5 Å². The summed E-state index contributed by atoms with van der Waals surface area (Å²) in [4.78, 5) is 0. The van der Waals surface area contributed by atoms with Crippen LogP contribution in [0.1, 0.15) is 39.3 Å². The summed E-state index contributed by atoms with van der Waals surface area (Å²) in [6, 6.07) is 0.401. The molecule has 18 heavy (non-hydrogen) atoms. The topological polar surface area (TPSA) is 35.1 Å². The first-order chi connectivity index (χ1) is 8.12. The molecule has 0 unspecified atom stereocenters. The van der Waals surface area contributed by atoms with Crippen molar-refractivity contribution in [1.82, 2.24) is 4.72 Å². The fourth-order valence-electron chi connectivity index (χ4n) is 1.36. The number of halogens is 3. The Hall–Kier alpha value is -0.720. The maximum absolute atomic E-state index is 13.5. The Morgan fingerprint density at radius 3 is 2.00 bits per heavy atom. The largest absolute Gasteiger partial charge is 0.598 e. The van der Waals surface area contributed by atoms with E-state index in [4.69, 9.17) is 0 Å². The molecule has 0 amide bonds. The maximum Gasteiger partial charge on any atom is 0.136 e. The first-order valence-corrected chi connectivity index (χ1v) is 6.60. The minimum absolute atomic E-state index is 0.311. The zero-order valence-electron chi connectivity index (χ0n) is 10.7. The standard InChI is InChI=1S/C12H16F3NOS/c1-7(16-18(17)12(2,3)4)11-9(14)5-8(13)6-10(11)15/h5-7,16H,1-4H3/t7-,18+/m1/s1. The van der Waals surface area contributed by atoms with Crippen LogP contribution >= 0.6 is 0 Å². The van der Waals surface area contributed by atoms with Gasteiger partial charge in [-0.3, -0.25) is 0 Å². The van der Waals surface area contributed by atoms with Crippen LogP contribution in [0.3, 0.4) is 0 Å². The normalized spacial score (nSPS) is 15.6. The first kappa shape index (κ1) is 15.3. The van der Waals surface area contributed by atoms with Gasteiger partial charge in [0, 0.05) is 29.1 Å². The van der Waals surface area contributed by atoms with E-state index in [1.54, 1.807) is 20.8 Å². The molecule has 2 atom stereocenters. The van der Waals surface area contributed by atoms with E-state index in [-0.39, 0.29) is 5.56 Å². The molecule has 1 aromatic rings. The van der Waals surface area contributed by atoms with Crippen molar-refractivity contribution in [3.63, 3.8) is 0 Å². The third-order valence-electron chi connectivity index (χ3n) is 2.32. The zero-order valence-corrected chi connectivity index (χ0v) is 11.5. The SMILES string of the molecule is C[C@@H](N[S@@+]([O-])C(C)(C)C)c1c(F)cc(F)cc1F. The highest BCUT2D eigenvalue weighted by molar-refractivity contribution is 7.90. The Morgan fingerprint density at radius 1 is 1.17 bits per heavy atom. The Kier molecular flexibility index (Phi) is 4.69. The van der Waals surface area contributed by atoms with Gasteiger partial charge in [-0.25, -0.2) is 13.2 Å². The first-order valence-electron chi connectivity index (χ1n) is 5.45. The van der Waals surface area contributed by atoms with E-state index >= 15 is 0 Å². The zero-order chi connectivity index (χ0) is 14.1. The lowest BCUT2D eigenvalue weighted by molar-refractivity contribution is 0.489. The van der Waals surface area contributed by atoms with Crippen LogP contribution in [-0.4, -0.2) is 9.30 Å². The molecule has 1 aromatic carbocycles. The van der Waals surface area contributed by atoms with Crippen LogP contribution in [0.4, 0.5) is 13.2 Å². The molecule has 0 fully saturated rings. The highest BCUT2D eigenvalue weighted by Crippen LogP contribution is 2.24. The molecule has 102 valence electrons. The Morgan fingerprint density at radius 2 is 1.61 bits per heavy atom. The minimum atomic E-state index is -1.47. The van der Waals surface area contributed by atoms with Gasteiger partial charge in [-0.2, -0.15) is 0 Å². The lowest BCUT2D eigenvalue weighted by Crippen LogP contribution is -2.40. The third-order valence-corrected chi connectivity index (χ3v) is 4.00. The molecule has 1 rings (SSSR count). The molecule has 0 spiro atoms. The molecule has 2 nitrogen and oxygen atoms in total. The van der Waals surface area contributed by atoms with Gasteiger partial charge in [0.2, 0.25) is 0 Å². The van der Waals surface area contributed by atoms with E-state index in [9.17, 15) is 17.7 Å². The summed E-state index contributed by atoms with van der Waals surface area (Å²) in [7, 11) is 0. The summed E-state index contributed by atoms with van der Waals surface area (Å²) in [5.41, 5.74) is -0.311. The van der Waals surface area contributed by atoms with Crippen LogP contribution < -0.4 is 4.72 Å². The van der Waals surface area contributed by atoms with Crippen LogP contribution in [0.5, 0.6) is 0 Å². The molecule has 0 bridgehead atoms. The highest BCUT2D eigenvalue weighted by atomic mass is 32.2. The molecule has 0 heterocycles. The van der Waals surface area contributed by atoms with Crippen molar-refractivity contribution >= 4 is 11.4 Å². The van der Waals surface area contributed by atoms with Gasteiger partial charge in [0.1, 0.15) is 22.2 Å². The summed E-state index contributed by atoms with van der Waals surface area (Å²) in [5, 5.41) is 0. The maximum atomic E-state index is 13.5. The molecular weight excluding hydrogens is 263 g/mol. The fourth-order valence-corrected chi connectivity index (χ4v) is 2.16. The summed E-state index contributed by atoms with van der Waals surface area (Å²) >= 11 is -1.47. The average Bonchev–Trinajstić information content (AvgIpc) is 2.13. The van der Waals surface area contributed by atoms with E-state index < -0.39 is 39.6 Å². The predicted octanol–water partition coefficient (Wildman–Crippen LogP) is 3.22. The molecule has 0 aliphatic rings. The molecular formula is C12H16F3NOS. The second-order valence-electron chi connectivity index (χ2n) is 5.00. The lowest BCUT2D eigenvalue weighted by Gasteiger charge is -2.26. The van der Waals surface area contributed by atoms with Crippen LogP contribution in [0.15, 0.2) is 12.1 Å². The van der Waals surface area contributed by atoms with Gasteiger partial charge >= 0.3 is 0 Å². The van der Waals surface area contributed by atoms with Gasteiger partial charge in [0.15, 0.2) is 0 Å². The predicted molar refractivity (Wildman–Crippen MR) is 65.8 cm³/mol. The van der Waals surface area contributed by atoms with Crippen molar-refractivity contribution < 1.29 is 17.7 Å². The van der Waals surface area contributed by atoms with Gasteiger partial charge in [-0.15, -0.1) is 4.72 Å². The van der Waals surface area contributed by atoms with Crippen molar-refractivity contribution in [2.75, 3.05) is 0 Å². The van der Waals surface area contributed by atoms with Crippen LogP contribution in [-0.2, 0) is 11.4 Å². The lowest BCUT2D eigenvalue weighted by atomic mass is 10.1. The summed E-state index contributed by atoms with van der Waals surface area (Å²) in [5.74, 6) is -2.95. The van der Waals surface area contributed by atoms with Gasteiger partial charge in [0.05, 0.1) is 6.04 Å². The Balaban J connectivity index is 2.95. The molecule has 1 N–H and O–H groups in total. The third kappa shape index (κ3) is 3.63. The Labute approximate surface area is 108 Å². The summed E-state index contributed by atoms with van der Waals surface area (Å²) < 4.78 is 53.6. The van der Waals surface area contributed by atoms with E-state index in [1.165, 1.54) is 6.92 Å². The van der Waals surface area contributed by atoms with Crippen LogP contribution in [0.25, 0.3) is 0 Å². The number of rotatable bonds is 3. The number of nitrogens with one attached hydrogen (secondary N) is 1. The number of benzene rings is 1. The van der Waals surface area contributed by atoms with Crippen molar-refractivity contribution in [1.29, 1.82) is 0 Å². The second-order valence-corrected chi connectivity index (χ2v) is 7.00. The minimum Gasteiger partial charge on any atom is -0.598 e. The second kappa shape index (κ2) is 5.50.